The van der Waals surface area contributed by atoms with Crippen molar-refractivity contribution in [3.8, 4) is 27.7 Å². The van der Waals surface area contributed by atoms with Gasteiger partial charge in [-0.15, -0.1) is 0 Å². The first-order valence-electron chi connectivity index (χ1n) is 10.8. The SMILES string of the molecule is CC(C)[C@@H](N)C(=O)Oc1c(F)cc(-c2nc(-c3ccc(N4CCCC4)cc3)ns2)cc1C=O. The highest BCUT2D eigenvalue weighted by Crippen LogP contribution is 2.32. The van der Waals surface area contributed by atoms with E-state index in [9.17, 15) is 14.0 Å². The molecule has 2 N–H and O–H groups in total. The van der Waals surface area contributed by atoms with Crippen LogP contribution in [0.25, 0.3) is 22.0 Å². The number of esters is 1. The molecule has 7 nitrogen and oxygen atoms in total. The summed E-state index contributed by atoms with van der Waals surface area (Å²) in [4.78, 5) is 30.6. The van der Waals surface area contributed by atoms with Gasteiger partial charge in [-0.3, -0.25) is 4.79 Å². The average Bonchev–Trinajstić information content (AvgIpc) is 3.52. The number of benzene rings is 2. The minimum atomic E-state index is -0.925. The topological polar surface area (TPSA) is 98.4 Å². The van der Waals surface area contributed by atoms with Crippen molar-refractivity contribution in [2.45, 2.75) is 32.7 Å². The molecule has 4 rings (SSSR count). The van der Waals surface area contributed by atoms with E-state index in [-0.39, 0.29) is 11.5 Å². The third kappa shape index (κ3) is 4.94. The predicted octanol–water partition coefficient (Wildman–Crippen LogP) is 4.31. The van der Waals surface area contributed by atoms with Gasteiger partial charge in [-0.05, 0) is 66.7 Å². The van der Waals surface area contributed by atoms with Gasteiger partial charge < -0.3 is 15.4 Å². The highest BCUT2D eigenvalue weighted by molar-refractivity contribution is 7.09. The summed E-state index contributed by atoms with van der Waals surface area (Å²) in [6.07, 6.45) is 2.86. The molecule has 33 heavy (non-hydrogen) atoms. The second kappa shape index (κ2) is 9.76. The molecule has 0 aliphatic carbocycles. The number of rotatable bonds is 7. The van der Waals surface area contributed by atoms with Gasteiger partial charge in [-0.2, -0.15) is 4.37 Å². The second-order valence-electron chi connectivity index (χ2n) is 8.35. The van der Waals surface area contributed by atoms with Crippen LogP contribution in [0.15, 0.2) is 36.4 Å². The van der Waals surface area contributed by atoms with Crippen molar-refractivity contribution in [3.63, 3.8) is 0 Å². The zero-order valence-corrected chi connectivity index (χ0v) is 19.3. The summed E-state index contributed by atoms with van der Waals surface area (Å²) in [6, 6.07) is 9.73. The number of nitrogens with two attached hydrogens (primary N) is 1. The van der Waals surface area contributed by atoms with Crippen LogP contribution in [0.4, 0.5) is 10.1 Å². The Kier molecular flexibility index (Phi) is 6.80. The van der Waals surface area contributed by atoms with Crippen LogP contribution in [0.2, 0.25) is 0 Å². The molecule has 1 aromatic heterocycles. The first-order valence-corrected chi connectivity index (χ1v) is 11.6. The lowest BCUT2D eigenvalue weighted by atomic mass is 10.1. The van der Waals surface area contributed by atoms with Crippen LogP contribution in [0.3, 0.4) is 0 Å². The van der Waals surface area contributed by atoms with E-state index in [4.69, 9.17) is 10.5 Å². The molecule has 0 bridgehead atoms. The summed E-state index contributed by atoms with van der Waals surface area (Å²) in [5.74, 6) is -1.74. The van der Waals surface area contributed by atoms with Gasteiger partial charge in [0.25, 0.3) is 0 Å². The molecule has 0 radical (unpaired) electrons. The van der Waals surface area contributed by atoms with Crippen molar-refractivity contribution < 1.29 is 18.7 Å². The molecule has 0 unspecified atom stereocenters. The zero-order valence-electron chi connectivity index (χ0n) is 18.5. The number of carbonyl (C=O) groups excluding carboxylic acids is 2. The van der Waals surface area contributed by atoms with E-state index in [1.165, 1.54) is 30.7 Å². The Hall–Kier alpha value is -3.17. The van der Waals surface area contributed by atoms with Crippen LogP contribution in [-0.4, -0.2) is 40.7 Å². The fourth-order valence-electron chi connectivity index (χ4n) is 3.63. The van der Waals surface area contributed by atoms with Gasteiger partial charge >= 0.3 is 5.97 Å². The van der Waals surface area contributed by atoms with Crippen molar-refractivity contribution in [2.24, 2.45) is 11.7 Å². The van der Waals surface area contributed by atoms with Gasteiger partial charge in [0.2, 0.25) is 0 Å². The fraction of sp³-hybridized carbons (Fsp3) is 0.333. The van der Waals surface area contributed by atoms with E-state index in [2.05, 4.69) is 26.4 Å². The Morgan fingerprint density at radius 1 is 1.18 bits per heavy atom. The van der Waals surface area contributed by atoms with Crippen LogP contribution < -0.4 is 15.4 Å². The van der Waals surface area contributed by atoms with Gasteiger partial charge in [0, 0.05) is 29.9 Å². The molecule has 172 valence electrons. The Morgan fingerprint density at radius 3 is 2.52 bits per heavy atom. The number of hydrogen-bond acceptors (Lipinski definition) is 8. The van der Waals surface area contributed by atoms with Gasteiger partial charge in [0.05, 0.1) is 5.56 Å². The summed E-state index contributed by atoms with van der Waals surface area (Å²) in [5, 5.41) is 0.451. The predicted molar refractivity (Wildman–Crippen MR) is 126 cm³/mol. The first kappa shape index (κ1) is 23.0. The number of anilines is 1. The zero-order chi connectivity index (χ0) is 23.5. The lowest BCUT2D eigenvalue weighted by molar-refractivity contribution is -0.137. The number of aldehydes is 1. The maximum absolute atomic E-state index is 14.8. The molecule has 0 saturated carbocycles. The summed E-state index contributed by atoms with van der Waals surface area (Å²) >= 11 is 1.10. The largest absolute Gasteiger partial charge is 0.421 e. The van der Waals surface area contributed by atoms with Crippen molar-refractivity contribution in [1.29, 1.82) is 0 Å². The van der Waals surface area contributed by atoms with E-state index in [1.54, 1.807) is 13.8 Å². The van der Waals surface area contributed by atoms with Crippen LogP contribution in [0, 0.1) is 11.7 Å². The van der Waals surface area contributed by atoms with Gasteiger partial charge in [-0.25, -0.2) is 14.2 Å². The molecule has 1 atom stereocenters. The number of carbonyl (C=O) groups is 2. The first-order chi connectivity index (χ1) is 15.9. The molecule has 0 amide bonds. The number of nitrogens with zero attached hydrogens (tertiary/aromatic N) is 3. The van der Waals surface area contributed by atoms with Gasteiger partial charge in [0.1, 0.15) is 11.0 Å². The third-order valence-corrected chi connectivity index (χ3v) is 6.43. The number of halogens is 1. The van der Waals surface area contributed by atoms with E-state index in [0.29, 0.717) is 22.7 Å². The van der Waals surface area contributed by atoms with Gasteiger partial charge in [0.15, 0.2) is 23.7 Å². The fourth-order valence-corrected chi connectivity index (χ4v) is 4.30. The van der Waals surface area contributed by atoms with E-state index < -0.39 is 23.6 Å². The quantitative estimate of drug-likeness (QED) is 0.313. The molecule has 1 saturated heterocycles. The lowest BCUT2D eigenvalue weighted by Crippen LogP contribution is -2.38. The molecular formula is C24H25FN4O3S. The standard InChI is InChI=1S/C24H25FN4O3S/c1-14(2)20(26)24(31)32-21-17(13-30)11-16(12-19(21)25)23-27-22(28-33-23)15-5-7-18(8-6-15)29-9-3-4-10-29/h5-8,11-14,20H,3-4,9-10,26H2,1-2H3/t20-/m1/s1. The van der Waals surface area contributed by atoms with Crippen LogP contribution in [0.5, 0.6) is 5.75 Å². The minimum absolute atomic E-state index is 0.0963. The average molecular weight is 469 g/mol. The molecule has 2 heterocycles. The van der Waals surface area contributed by atoms with Gasteiger partial charge in [-0.1, -0.05) is 13.8 Å². The summed E-state index contributed by atoms with van der Waals surface area (Å²) in [5.41, 5.74) is 8.07. The summed E-state index contributed by atoms with van der Waals surface area (Å²) in [6.45, 7) is 5.63. The molecule has 2 aromatic carbocycles. The normalized spacial score (nSPS) is 14.5. The van der Waals surface area contributed by atoms with Crippen molar-refractivity contribution in [2.75, 3.05) is 18.0 Å². The Bertz CT molecular complexity index is 1160. The smallest absolute Gasteiger partial charge is 0.328 e. The molecule has 1 fully saturated rings. The highest BCUT2D eigenvalue weighted by Gasteiger charge is 2.24. The Morgan fingerprint density at radius 2 is 1.88 bits per heavy atom. The van der Waals surface area contributed by atoms with Crippen LogP contribution >= 0.6 is 11.5 Å². The molecule has 9 heteroatoms. The minimum Gasteiger partial charge on any atom is -0.421 e. The number of hydrogen-bond donors (Lipinski definition) is 1. The molecular weight excluding hydrogens is 443 g/mol. The Balaban J connectivity index is 1.57. The van der Waals surface area contributed by atoms with E-state index >= 15 is 0 Å². The Labute approximate surface area is 195 Å². The van der Waals surface area contributed by atoms with Crippen molar-refractivity contribution in [3.05, 3.63) is 47.8 Å². The molecule has 0 spiro atoms. The molecule has 1 aliphatic heterocycles. The molecule has 1 aliphatic rings. The third-order valence-electron chi connectivity index (χ3n) is 5.66. The monoisotopic (exact) mass is 468 g/mol. The second-order valence-corrected chi connectivity index (χ2v) is 9.10. The summed E-state index contributed by atoms with van der Waals surface area (Å²) < 4.78 is 24.3. The number of aromatic nitrogens is 2. The van der Waals surface area contributed by atoms with Crippen LogP contribution in [-0.2, 0) is 4.79 Å². The lowest BCUT2D eigenvalue weighted by Gasteiger charge is -2.17. The van der Waals surface area contributed by atoms with Crippen molar-refractivity contribution >= 4 is 29.5 Å². The maximum atomic E-state index is 14.8. The van der Waals surface area contributed by atoms with E-state index in [0.717, 1.165) is 30.2 Å². The van der Waals surface area contributed by atoms with Crippen LogP contribution in [0.1, 0.15) is 37.0 Å². The summed E-state index contributed by atoms with van der Waals surface area (Å²) in [7, 11) is 0. The van der Waals surface area contributed by atoms with E-state index in [1.807, 2.05) is 12.1 Å². The highest BCUT2D eigenvalue weighted by atomic mass is 32.1. The number of ether oxygens (including phenoxy) is 1. The van der Waals surface area contributed by atoms with Crippen molar-refractivity contribution in [1.82, 2.24) is 9.36 Å². The molecule has 3 aromatic rings. The maximum Gasteiger partial charge on any atom is 0.328 e.